The summed E-state index contributed by atoms with van der Waals surface area (Å²) < 4.78 is 0. The molecule has 3 heteroatoms. The maximum absolute atomic E-state index is 3.48. The molecule has 2 aromatic carbocycles. The first-order valence-electron chi connectivity index (χ1n) is 11.4. The van der Waals surface area contributed by atoms with Gasteiger partial charge >= 0.3 is 0 Å². The largest absolute Gasteiger partial charge is 0.377 e. The molecular formula is C27H38N2S. The van der Waals surface area contributed by atoms with Gasteiger partial charge in [0.15, 0.2) is 0 Å². The van der Waals surface area contributed by atoms with Crippen LogP contribution < -0.4 is 10.2 Å². The first kappa shape index (κ1) is 21.8. The van der Waals surface area contributed by atoms with Gasteiger partial charge in [-0.1, -0.05) is 39.8 Å². The molecule has 1 N–H and O–H groups in total. The van der Waals surface area contributed by atoms with E-state index in [1.807, 2.05) is 11.8 Å². The van der Waals surface area contributed by atoms with Crippen molar-refractivity contribution < 1.29 is 0 Å². The van der Waals surface area contributed by atoms with Crippen molar-refractivity contribution in [2.24, 2.45) is 0 Å². The van der Waals surface area contributed by atoms with Crippen LogP contribution in [0, 0.1) is 6.92 Å². The van der Waals surface area contributed by atoms with E-state index in [0.29, 0.717) is 5.25 Å². The number of rotatable bonds is 4. The first-order valence-corrected chi connectivity index (χ1v) is 12.4. The topological polar surface area (TPSA) is 15.3 Å². The van der Waals surface area contributed by atoms with Gasteiger partial charge in [-0.2, -0.15) is 0 Å². The molecule has 2 nitrogen and oxygen atoms in total. The minimum Gasteiger partial charge on any atom is -0.377 e. The maximum atomic E-state index is 3.48. The molecular weight excluding hydrogens is 384 g/mol. The molecule has 4 rings (SSSR count). The molecule has 162 valence electrons. The normalized spacial score (nSPS) is 22.0. The SMILES string of the molecule is Cc1cc2c(cc1-c1cc(CC3CNCS3)ccc1N(C)C)C(C)(C)CCC2(C)C. The molecule has 1 unspecified atom stereocenters. The van der Waals surface area contributed by atoms with Gasteiger partial charge in [-0.25, -0.2) is 0 Å². The fourth-order valence-corrected chi connectivity index (χ4v) is 6.20. The highest BCUT2D eigenvalue weighted by Gasteiger charge is 2.37. The molecule has 1 aliphatic heterocycles. The number of benzene rings is 2. The molecule has 0 bridgehead atoms. The van der Waals surface area contributed by atoms with E-state index in [2.05, 4.69) is 89.3 Å². The number of fused-ring (bicyclic) bond motifs is 1. The Bertz CT molecular complexity index is 936. The van der Waals surface area contributed by atoms with Gasteiger partial charge in [0.05, 0.1) is 0 Å². The van der Waals surface area contributed by atoms with Gasteiger partial charge in [-0.15, -0.1) is 11.8 Å². The van der Waals surface area contributed by atoms with E-state index >= 15 is 0 Å². The second-order valence-electron chi connectivity index (χ2n) is 10.8. The van der Waals surface area contributed by atoms with E-state index in [1.165, 1.54) is 40.8 Å². The number of hydrogen-bond acceptors (Lipinski definition) is 3. The molecule has 1 atom stereocenters. The minimum absolute atomic E-state index is 0.231. The summed E-state index contributed by atoms with van der Waals surface area (Å²) in [4.78, 5) is 2.26. The summed E-state index contributed by atoms with van der Waals surface area (Å²) in [5.74, 6) is 1.09. The lowest BCUT2D eigenvalue weighted by Crippen LogP contribution is -2.34. The predicted octanol–water partition coefficient (Wildman–Crippen LogP) is 6.28. The van der Waals surface area contributed by atoms with Crippen LogP contribution >= 0.6 is 11.8 Å². The fourth-order valence-electron chi connectivity index (χ4n) is 5.18. The zero-order valence-electron chi connectivity index (χ0n) is 19.9. The van der Waals surface area contributed by atoms with E-state index in [-0.39, 0.29) is 10.8 Å². The van der Waals surface area contributed by atoms with Crippen LogP contribution in [0.5, 0.6) is 0 Å². The van der Waals surface area contributed by atoms with E-state index in [9.17, 15) is 0 Å². The molecule has 0 spiro atoms. The third kappa shape index (κ3) is 4.03. The molecule has 2 aliphatic rings. The van der Waals surface area contributed by atoms with Crippen molar-refractivity contribution in [3.8, 4) is 11.1 Å². The van der Waals surface area contributed by atoms with Crippen LogP contribution in [0.2, 0.25) is 0 Å². The molecule has 0 aromatic heterocycles. The Balaban J connectivity index is 1.84. The van der Waals surface area contributed by atoms with Crippen molar-refractivity contribution in [2.75, 3.05) is 31.4 Å². The molecule has 0 saturated carbocycles. The summed E-state index contributed by atoms with van der Waals surface area (Å²) in [6.07, 6.45) is 3.65. The van der Waals surface area contributed by atoms with E-state index in [0.717, 1.165) is 18.8 Å². The second kappa shape index (κ2) is 7.91. The van der Waals surface area contributed by atoms with Crippen LogP contribution in [0.3, 0.4) is 0 Å². The highest BCUT2D eigenvalue weighted by atomic mass is 32.2. The van der Waals surface area contributed by atoms with E-state index < -0.39 is 0 Å². The molecule has 1 saturated heterocycles. The quantitative estimate of drug-likeness (QED) is 0.624. The van der Waals surface area contributed by atoms with Crippen molar-refractivity contribution in [1.29, 1.82) is 0 Å². The summed E-state index contributed by atoms with van der Waals surface area (Å²) in [6.45, 7) is 13.1. The smallest absolute Gasteiger partial charge is 0.0441 e. The van der Waals surface area contributed by atoms with E-state index in [4.69, 9.17) is 0 Å². The van der Waals surface area contributed by atoms with Gasteiger partial charge in [0.1, 0.15) is 0 Å². The second-order valence-corrected chi connectivity index (χ2v) is 12.1. The van der Waals surface area contributed by atoms with Crippen molar-refractivity contribution in [1.82, 2.24) is 5.32 Å². The van der Waals surface area contributed by atoms with Crippen molar-refractivity contribution in [3.63, 3.8) is 0 Å². The van der Waals surface area contributed by atoms with Gasteiger partial charge in [0.25, 0.3) is 0 Å². The first-order chi connectivity index (χ1) is 14.1. The molecule has 1 fully saturated rings. The Kier molecular flexibility index (Phi) is 5.74. The number of nitrogens with one attached hydrogen (secondary N) is 1. The summed E-state index contributed by atoms with van der Waals surface area (Å²) in [6, 6.07) is 12.1. The number of hydrogen-bond donors (Lipinski definition) is 1. The van der Waals surface area contributed by atoms with Gasteiger partial charge < -0.3 is 10.2 Å². The predicted molar refractivity (Wildman–Crippen MR) is 134 cm³/mol. The van der Waals surface area contributed by atoms with Crippen LogP contribution in [-0.2, 0) is 17.3 Å². The average molecular weight is 423 g/mol. The van der Waals surface area contributed by atoms with Crippen molar-refractivity contribution in [3.05, 3.63) is 52.6 Å². The Labute approximate surface area is 187 Å². The van der Waals surface area contributed by atoms with Crippen LogP contribution in [0.15, 0.2) is 30.3 Å². The Morgan fingerprint density at radius 2 is 1.63 bits per heavy atom. The lowest BCUT2D eigenvalue weighted by atomic mass is 9.62. The Morgan fingerprint density at radius 1 is 0.967 bits per heavy atom. The van der Waals surface area contributed by atoms with Crippen LogP contribution in [0.25, 0.3) is 11.1 Å². The highest BCUT2D eigenvalue weighted by molar-refractivity contribution is 8.00. The van der Waals surface area contributed by atoms with E-state index in [1.54, 1.807) is 11.1 Å². The number of nitrogens with zero attached hydrogens (tertiary/aromatic N) is 1. The third-order valence-electron chi connectivity index (χ3n) is 7.29. The molecule has 30 heavy (non-hydrogen) atoms. The lowest BCUT2D eigenvalue weighted by Gasteiger charge is -2.42. The monoisotopic (exact) mass is 422 g/mol. The van der Waals surface area contributed by atoms with Crippen LogP contribution in [0.4, 0.5) is 5.69 Å². The average Bonchev–Trinajstić information content (AvgIpc) is 3.18. The van der Waals surface area contributed by atoms with Crippen molar-refractivity contribution in [2.45, 2.75) is 70.0 Å². The lowest BCUT2D eigenvalue weighted by molar-refractivity contribution is 0.332. The number of thioether (sulfide) groups is 1. The molecule has 0 radical (unpaired) electrons. The molecule has 1 aliphatic carbocycles. The van der Waals surface area contributed by atoms with Gasteiger partial charge in [0, 0.05) is 43.0 Å². The molecule has 0 amide bonds. The zero-order chi connectivity index (χ0) is 21.7. The number of anilines is 1. The van der Waals surface area contributed by atoms with Crippen LogP contribution in [-0.4, -0.2) is 31.8 Å². The Hall–Kier alpha value is -1.45. The van der Waals surface area contributed by atoms with Crippen LogP contribution in [0.1, 0.15) is 62.8 Å². The van der Waals surface area contributed by atoms with Crippen molar-refractivity contribution >= 4 is 17.4 Å². The van der Waals surface area contributed by atoms with Gasteiger partial charge in [0.2, 0.25) is 0 Å². The standard InChI is InChI=1S/C27H38N2S/c1-18-12-23-24(27(4,5)11-10-26(23,2)3)15-21(18)22-14-19(8-9-25(22)29(6)7)13-20-16-28-17-30-20/h8-9,12,14-15,20,28H,10-11,13,16-17H2,1-7H3. The summed E-state index contributed by atoms with van der Waals surface area (Å²) in [5.41, 5.74) is 10.5. The highest BCUT2D eigenvalue weighted by Crippen LogP contribution is 2.48. The summed E-state index contributed by atoms with van der Waals surface area (Å²) in [5, 5.41) is 4.17. The fraction of sp³-hybridized carbons (Fsp3) is 0.556. The summed E-state index contributed by atoms with van der Waals surface area (Å²) >= 11 is 2.05. The van der Waals surface area contributed by atoms with Gasteiger partial charge in [-0.3, -0.25) is 0 Å². The van der Waals surface area contributed by atoms with Gasteiger partial charge in [-0.05, 0) is 83.0 Å². The summed E-state index contributed by atoms with van der Waals surface area (Å²) in [7, 11) is 4.33. The Morgan fingerprint density at radius 3 is 2.23 bits per heavy atom. The molecule has 1 heterocycles. The zero-order valence-corrected chi connectivity index (χ0v) is 20.7. The third-order valence-corrected chi connectivity index (χ3v) is 8.46. The number of aryl methyl sites for hydroxylation is 1. The minimum atomic E-state index is 0.231. The maximum Gasteiger partial charge on any atom is 0.0441 e. The molecule has 2 aromatic rings.